The van der Waals surface area contributed by atoms with Crippen molar-refractivity contribution in [3.63, 3.8) is 0 Å². The fourth-order valence-electron chi connectivity index (χ4n) is 1.91. The first-order chi connectivity index (χ1) is 10.2. The Bertz CT molecular complexity index is 686. The van der Waals surface area contributed by atoms with Crippen LogP contribution in [0.5, 0.6) is 0 Å². The number of anilines is 1. The minimum atomic E-state index is -4.63. The lowest BCUT2D eigenvalue weighted by Crippen LogP contribution is -2.15. The van der Waals surface area contributed by atoms with Crippen LogP contribution in [0.4, 0.5) is 19.0 Å². The summed E-state index contributed by atoms with van der Waals surface area (Å²) >= 11 is 3.74. The van der Waals surface area contributed by atoms with Crippen LogP contribution in [-0.4, -0.2) is 15.0 Å². The van der Waals surface area contributed by atoms with Crippen LogP contribution in [0.15, 0.2) is 23.2 Å². The fraction of sp³-hybridized carbons (Fsp3) is 0.357. The van der Waals surface area contributed by atoms with E-state index in [1.807, 2.05) is 26.0 Å². The van der Waals surface area contributed by atoms with E-state index in [0.717, 1.165) is 5.56 Å². The van der Waals surface area contributed by atoms with Gasteiger partial charge in [-0.2, -0.15) is 13.2 Å². The molecule has 2 aromatic rings. The number of pyridine rings is 1. The number of hydrogen-bond acceptors (Lipinski definition) is 5. The summed E-state index contributed by atoms with van der Waals surface area (Å²) in [5.41, 5.74) is 6.01. The zero-order valence-corrected chi connectivity index (χ0v) is 12.9. The van der Waals surface area contributed by atoms with Crippen LogP contribution in [0.3, 0.4) is 0 Å². The minimum Gasteiger partial charge on any atom is -0.383 e. The van der Waals surface area contributed by atoms with Gasteiger partial charge in [-0.05, 0) is 23.6 Å². The zero-order valence-electron chi connectivity index (χ0n) is 12.0. The highest BCUT2D eigenvalue weighted by Crippen LogP contribution is 2.34. The highest BCUT2D eigenvalue weighted by atomic mass is 32.1. The summed E-state index contributed by atoms with van der Waals surface area (Å²) in [6.45, 7) is 4.04. The molecule has 0 aliphatic carbocycles. The SMILES string of the molecule is CC(C)c1ccnc(Cc2nc(N)c(S)c(C(F)(F)F)n2)c1. The Balaban J connectivity index is 2.38. The number of rotatable bonds is 3. The number of thiol groups is 1. The van der Waals surface area contributed by atoms with Crippen molar-refractivity contribution in [1.82, 2.24) is 15.0 Å². The van der Waals surface area contributed by atoms with Gasteiger partial charge in [-0.25, -0.2) is 9.97 Å². The summed E-state index contributed by atoms with van der Waals surface area (Å²) in [7, 11) is 0. The number of aromatic nitrogens is 3. The van der Waals surface area contributed by atoms with Crippen LogP contribution in [0, 0.1) is 0 Å². The Morgan fingerprint density at radius 2 is 1.95 bits per heavy atom. The number of nitrogens with two attached hydrogens (primary N) is 1. The molecule has 0 spiro atoms. The largest absolute Gasteiger partial charge is 0.434 e. The second-order valence-electron chi connectivity index (χ2n) is 5.13. The molecular weight excluding hydrogens is 313 g/mol. The van der Waals surface area contributed by atoms with Crippen molar-refractivity contribution in [3.05, 3.63) is 41.1 Å². The summed E-state index contributed by atoms with van der Waals surface area (Å²) in [6, 6.07) is 3.69. The van der Waals surface area contributed by atoms with Gasteiger partial charge in [0.25, 0.3) is 0 Å². The topological polar surface area (TPSA) is 64.7 Å². The highest BCUT2D eigenvalue weighted by molar-refractivity contribution is 7.80. The second kappa shape index (κ2) is 6.12. The van der Waals surface area contributed by atoms with Crippen molar-refractivity contribution in [2.45, 2.75) is 37.3 Å². The number of nitrogen functional groups attached to an aromatic ring is 1. The summed E-state index contributed by atoms with van der Waals surface area (Å²) in [5, 5.41) is 0. The van der Waals surface area contributed by atoms with E-state index >= 15 is 0 Å². The van der Waals surface area contributed by atoms with Crippen LogP contribution < -0.4 is 5.73 Å². The van der Waals surface area contributed by atoms with E-state index < -0.39 is 16.8 Å². The van der Waals surface area contributed by atoms with E-state index in [-0.39, 0.29) is 18.1 Å². The summed E-state index contributed by atoms with van der Waals surface area (Å²) in [4.78, 5) is 11.1. The predicted molar refractivity (Wildman–Crippen MR) is 79.8 cm³/mol. The molecule has 4 nitrogen and oxygen atoms in total. The van der Waals surface area contributed by atoms with Crippen LogP contribution in [0.25, 0.3) is 0 Å². The smallest absolute Gasteiger partial charge is 0.383 e. The quantitative estimate of drug-likeness (QED) is 0.847. The first-order valence-corrected chi connectivity index (χ1v) is 7.00. The van der Waals surface area contributed by atoms with Crippen LogP contribution in [0.1, 0.15) is 42.5 Å². The third-order valence-corrected chi connectivity index (χ3v) is 3.51. The number of halogens is 3. The monoisotopic (exact) mass is 328 g/mol. The average Bonchev–Trinajstić information content (AvgIpc) is 2.41. The molecule has 0 aromatic carbocycles. The Morgan fingerprint density at radius 1 is 1.27 bits per heavy atom. The minimum absolute atomic E-state index is 0.0315. The molecule has 0 bridgehead atoms. The molecule has 118 valence electrons. The third-order valence-electron chi connectivity index (χ3n) is 3.07. The van der Waals surface area contributed by atoms with E-state index in [0.29, 0.717) is 11.6 Å². The second-order valence-corrected chi connectivity index (χ2v) is 5.58. The molecule has 0 aliphatic rings. The zero-order chi connectivity index (χ0) is 16.5. The molecule has 8 heteroatoms. The van der Waals surface area contributed by atoms with Crippen LogP contribution in [-0.2, 0) is 12.6 Å². The van der Waals surface area contributed by atoms with Gasteiger partial charge in [-0.3, -0.25) is 4.98 Å². The highest BCUT2D eigenvalue weighted by Gasteiger charge is 2.36. The number of alkyl halides is 3. The number of hydrogen-bond donors (Lipinski definition) is 2. The van der Waals surface area contributed by atoms with Gasteiger partial charge in [-0.15, -0.1) is 12.6 Å². The molecule has 0 fully saturated rings. The molecule has 0 radical (unpaired) electrons. The van der Waals surface area contributed by atoms with Crippen LogP contribution in [0.2, 0.25) is 0 Å². The van der Waals surface area contributed by atoms with E-state index in [9.17, 15) is 13.2 Å². The summed E-state index contributed by atoms with van der Waals surface area (Å²) in [5.74, 6) is -0.0324. The summed E-state index contributed by atoms with van der Waals surface area (Å²) in [6.07, 6.45) is -2.94. The molecule has 0 aliphatic heterocycles. The van der Waals surface area contributed by atoms with Crippen molar-refractivity contribution < 1.29 is 13.2 Å². The van der Waals surface area contributed by atoms with Crippen molar-refractivity contribution >= 4 is 18.4 Å². The van der Waals surface area contributed by atoms with Gasteiger partial charge < -0.3 is 5.73 Å². The van der Waals surface area contributed by atoms with E-state index in [2.05, 4.69) is 27.6 Å². The third kappa shape index (κ3) is 3.68. The van der Waals surface area contributed by atoms with Gasteiger partial charge in [-0.1, -0.05) is 13.8 Å². The normalized spacial score (nSPS) is 12.0. The van der Waals surface area contributed by atoms with Crippen molar-refractivity contribution in [3.8, 4) is 0 Å². The average molecular weight is 328 g/mol. The standard InChI is InChI=1S/C14H15F3N4S/c1-7(2)8-3-4-19-9(5-8)6-10-20-12(14(15,16)17)11(22)13(18)21-10/h3-5,7,22H,6H2,1-2H3,(H2,18,20,21). The molecule has 2 rings (SSSR count). The van der Waals surface area contributed by atoms with Gasteiger partial charge in [0.1, 0.15) is 11.6 Å². The first-order valence-electron chi connectivity index (χ1n) is 6.56. The Kier molecular flexibility index (Phi) is 4.60. The number of nitrogens with zero attached hydrogens (tertiary/aromatic N) is 3. The van der Waals surface area contributed by atoms with E-state index in [1.54, 1.807) is 6.20 Å². The maximum atomic E-state index is 12.9. The molecule has 0 unspecified atom stereocenters. The van der Waals surface area contributed by atoms with Gasteiger partial charge in [0.2, 0.25) is 0 Å². The molecule has 0 atom stereocenters. The fourth-order valence-corrected chi connectivity index (χ4v) is 2.14. The molecule has 0 saturated carbocycles. The lowest BCUT2D eigenvalue weighted by molar-refractivity contribution is -0.143. The Hall–Kier alpha value is -1.83. The molecule has 2 N–H and O–H groups in total. The van der Waals surface area contributed by atoms with Crippen LogP contribution >= 0.6 is 12.6 Å². The van der Waals surface area contributed by atoms with Crippen molar-refractivity contribution in [1.29, 1.82) is 0 Å². The molecule has 2 aromatic heterocycles. The van der Waals surface area contributed by atoms with Crippen molar-refractivity contribution in [2.75, 3.05) is 5.73 Å². The van der Waals surface area contributed by atoms with Gasteiger partial charge in [0, 0.05) is 11.9 Å². The van der Waals surface area contributed by atoms with Gasteiger partial charge in [0.15, 0.2) is 5.69 Å². The Morgan fingerprint density at radius 3 is 2.55 bits per heavy atom. The molecule has 0 saturated heterocycles. The van der Waals surface area contributed by atoms with E-state index in [1.165, 1.54) is 0 Å². The van der Waals surface area contributed by atoms with Gasteiger partial charge in [0.05, 0.1) is 11.3 Å². The van der Waals surface area contributed by atoms with E-state index in [4.69, 9.17) is 5.73 Å². The maximum Gasteiger partial charge on any atom is 0.434 e. The lowest BCUT2D eigenvalue weighted by atomic mass is 10.0. The maximum absolute atomic E-state index is 12.9. The molecule has 22 heavy (non-hydrogen) atoms. The Labute approximate surface area is 131 Å². The van der Waals surface area contributed by atoms with Gasteiger partial charge >= 0.3 is 6.18 Å². The lowest BCUT2D eigenvalue weighted by Gasteiger charge is -2.12. The molecule has 2 heterocycles. The summed E-state index contributed by atoms with van der Waals surface area (Å²) < 4.78 is 38.7. The molecule has 0 amide bonds. The molecular formula is C14H15F3N4S. The predicted octanol–water partition coefficient (Wildman–Crippen LogP) is 3.48. The first kappa shape index (κ1) is 16.5. The van der Waals surface area contributed by atoms with Crippen molar-refractivity contribution in [2.24, 2.45) is 0 Å².